The van der Waals surface area contributed by atoms with Crippen molar-refractivity contribution < 1.29 is 0 Å². The monoisotopic (exact) mass is 231 g/mol. The Labute approximate surface area is 104 Å². The molecule has 1 fully saturated rings. The fourth-order valence-corrected chi connectivity index (χ4v) is 2.02. The van der Waals surface area contributed by atoms with E-state index in [0.29, 0.717) is 6.04 Å². The second kappa shape index (κ2) is 5.82. The largest absolute Gasteiger partial charge is 0.350 e. The molecule has 0 saturated heterocycles. The first-order chi connectivity index (χ1) is 8.36. The maximum absolute atomic E-state index is 4.55. The van der Waals surface area contributed by atoms with Crippen LogP contribution in [0.3, 0.4) is 0 Å². The highest BCUT2D eigenvalue weighted by Gasteiger charge is 2.30. The first kappa shape index (κ1) is 12.1. The van der Waals surface area contributed by atoms with Gasteiger partial charge in [0.15, 0.2) is 0 Å². The zero-order chi connectivity index (χ0) is 12.1. The van der Waals surface area contributed by atoms with Crippen LogP contribution in [0.15, 0.2) is 31.0 Å². The highest BCUT2D eigenvalue weighted by Crippen LogP contribution is 2.32. The number of hydrogen-bond acceptors (Lipinski definition) is 3. The molecule has 0 amide bonds. The molecular formula is C14H21N3. The molecule has 0 aliphatic heterocycles. The van der Waals surface area contributed by atoms with E-state index in [4.69, 9.17) is 0 Å². The van der Waals surface area contributed by atoms with Gasteiger partial charge in [0.25, 0.3) is 0 Å². The number of aromatic nitrogens is 1. The fourth-order valence-electron chi connectivity index (χ4n) is 2.02. The second-order valence-electron chi connectivity index (χ2n) is 4.44. The summed E-state index contributed by atoms with van der Waals surface area (Å²) < 4.78 is 0. The van der Waals surface area contributed by atoms with Gasteiger partial charge in [-0.2, -0.15) is 0 Å². The van der Waals surface area contributed by atoms with Crippen LogP contribution in [-0.2, 0) is 6.54 Å². The average molecular weight is 231 g/mol. The van der Waals surface area contributed by atoms with Crippen LogP contribution in [0.5, 0.6) is 0 Å². The molecule has 3 heteroatoms. The molecule has 1 aromatic heterocycles. The maximum atomic E-state index is 4.55. The molecule has 1 heterocycles. The first-order valence-corrected chi connectivity index (χ1v) is 6.39. The molecule has 0 spiro atoms. The number of pyridine rings is 1. The van der Waals surface area contributed by atoms with Gasteiger partial charge >= 0.3 is 0 Å². The number of rotatable bonds is 7. The minimum atomic E-state index is 0.670. The molecule has 1 saturated carbocycles. The SMILES string of the molecule is C=CCN(c1ncccc1CNCC)C1CC1. The average Bonchev–Trinajstić information content (AvgIpc) is 3.18. The summed E-state index contributed by atoms with van der Waals surface area (Å²) in [6.45, 7) is 8.73. The Morgan fingerprint density at radius 3 is 3.06 bits per heavy atom. The Morgan fingerprint density at radius 2 is 2.41 bits per heavy atom. The second-order valence-corrected chi connectivity index (χ2v) is 4.44. The summed E-state index contributed by atoms with van der Waals surface area (Å²) in [6.07, 6.45) is 6.41. The predicted octanol–water partition coefficient (Wildman–Crippen LogP) is 2.35. The van der Waals surface area contributed by atoms with Crippen LogP contribution in [0.25, 0.3) is 0 Å². The zero-order valence-corrected chi connectivity index (χ0v) is 10.5. The lowest BCUT2D eigenvalue weighted by Gasteiger charge is -2.24. The van der Waals surface area contributed by atoms with Crippen molar-refractivity contribution in [3.8, 4) is 0 Å². The summed E-state index contributed by atoms with van der Waals surface area (Å²) in [5.41, 5.74) is 1.28. The van der Waals surface area contributed by atoms with Crippen molar-refractivity contribution >= 4 is 5.82 Å². The number of anilines is 1. The lowest BCUT2D eigenvalue weighted by molar-refractivity contribution is 0.716. The minimum absolute atomic E-state index is 0.670. The molecule has 0 atom stereocenters. The fraction of sp³-hybridized carbons (Fsp3) is 0.500. The molecule has 92 valence electrons. The van der Waals surface area contributed by atoms with Gasteiger partial charge in [0.1, 0.15) is 5.82 Å². The van der Waals surface area contributed by atoms with E-state index in [1.54, 1.807) is 0 Å². The smallest absolute Gasteiger partial charge is 0.133 e. The van der Waals surface area contributed by atoms with Crippen molar-refractivity contribution in [1.29, 1.82) is 0 Å². The third-order valence-electron chi connectivity index (χ3n) is 3.02. The van der Waals surface area contributed by atoms with E-state index in [-0.39, 0.29) is 0 Å². The van der Waals surface area contributed by atoms with E-state index < -0.39 is 0 Å². The third kappa shape index (κ3) is 3.07. The van der Waals surface area contributed by atoms with E-state index in [9.17, 15) is 0 Å². The molecule has 0 aromatic carbocycles. The number of nitrogens with zero attached hydrogens (tertiary/aromatic N) is 2. The van der Waals surface area contributed by atoms with Crippen molar-refractivity contribution in [2.75, 3.05) is 18.0 Å². The van der Waals surface area contributed by atoms with Crippen LogP contribution in [0.1, 0.15) is 25.3 Å². The van der Waals surface area contributed by atoms with Crippen LogP contribution in [0, 0.1) is 0 Å². The molecule has 1 aromatic rings. The normalized spacial score (nSPS) is 14.6. The molecule has 3 nitrogen and oxygen atoms in total. The number of nitrogens with one attached hydrogen (secondary N) is 1. The summed E-state index contributed by atoms with van der Waals surface area (Å²) in [7, 11) is 0. The Balaban J connectivity index is 2.18. The van der Waals surface area contributed by atoms with Gasteiger partial charge in [-0.05, 0) is 25.5 Å². The highest BCUT2D eigenvalue weighted by atomic mass is 15.2. The van der Waals surface area contributed by atoms with E-state index in [2.05, 4.69) is 34.8 Å². The van der Waals surface area contributed by atoms with Gasteiger partial charge in [-0.15, -0.1) is 6.58 Å². The van der Waals surface area contributed by atoms with E-state index in [1.165, 1.54) is 18.4 Å². The van der Waals surface area contributed by atoms with E-state index in [1.807, 2.05) is 18.3 Å². The van der Waals surface area contributed by atoms with Gasteiger partial charge in [0.05, 0.1) is 0 Å². The lowest BCUT2D eigenvalue weighted by atomic mass is 10.2. The Hall–Kier alpha value is -1.35. The van der Waals surface area contributed by atoms with Crippen molar-refractivity contribution in [1.82, 2.24) is 10.3 Å². The molecular weight excluding hydrogens is 210 g/mol. The van der Waals surface area contributed by atoms with Crippen LogP contribution in [0.4, 0.5) is 5.82 Å². The molecule has 0 unspecified atom stereocenters. The molecule has 1 aliphatic rings. The van der Waals surface area contributed by atoms with Crippen LogP contribution in [0.2, 0.25) is 0 Å². The van der Waals surface area contributed by atoms with Crippen molar-refractivity contribution in [2.45, 2.75) is 32.4 Å². The first-order valence-electron chi connectivity index (χ1n) is 6.39. The Bertz CT molecular complexity index is 371. The van der Waals surface area contributed by atoms with Crippen molar-refractivity contribution in [3.05, 3.63) is 36.5 Å². The molecule has 0 bridgehead atoms. The highest BCUT2D eigenvalue weighted by molar-refractivity contribution is 5.49. The minimum Gasteiger partial charge on any atom is -0.350 e. The number of hydrogen-bond donors (Lipinski definition) is 1. The quantitative estimate of drug-likeness (QED) is 0.730. The third-order valence-corrected chi connectivity index (χ3v) is 3.02. The molecule has 2 rings (SSSR count). The standard InChI is InChI=1S/C14H21N3/c1-3-10-17(13-7-8-13)14-12(11-15-4-2)6-5-9-16-14/h3,5-6,9,13,15H,1,4,7-8,10-11H2,2H3. The molecule has 17 heavy (non-hydrogen) atoms. The van der Waals surface area contributed by atoms with Gasteiger partial charge in [0.2, 0.25) is 0 Å². The summed E-state index contributed by atoms with van der Waals surface area (Å²) >= 11 is 0. The van der Waals surface area contributed by atoms with Gasteiger partial charge in [0, 0.05) is 30.9 Å². The summed E-state index contributed by atoms with van der Waals surface area (Å²) in [6, 6.07) is 4.84. The lowest BCUT2D eigenvalue weighted by Crippen LogP contribution is -2.28. The maximum Gasteiger partial charge on any atom is 0.133 e. The van der Waals surface area contributed by atoms with Crippen LogP contribution >= 0.6 is 0 Å². The summed E-state index contributed by atoms with van der Waals surface area (Å²) in [4.78, 5) is 6.92. The van der Waals surface area contributed by atoms with Crippen LogP contribution < -0.4 is 10.2 Å². The van der Waals surface area contributed by atoms with Crippen molar-refractivity contribution in [3.63, 3.8) is 0 Å². The van der Waals surface area contributed by atoms with E-state index >= 15 is 0 Å². The van der Waals surface area contributed by atoms with Gasteiger partial charge < -0.3 is 10.2 Å². The van der Waals surface area contributed by atoms with Gasteiger partial charge in [-0.1, -0.05) is 19.1 Å². The molecule has 1 N–H and O–H groups in total. The summed E-state index contributed by atoms with van der Waals surface area (Å²) in [5.74, 6) is 1.12. The zero-order valence-electron chi connectivity index (χ0n) is 10.5. The van der Waals surface area contributed by atoms with Gasteiger partial charge in [-0.25, -0.2) is 4.98 Å². The topological polar surface area (TPSA) is 28.2 Å². The van der Waals surface area contributed by atoms with Crippen molar-refractivity contribution in [2.24, 2.45) is 0 Å². The van der Waals surface area contributed by atoms with Crippen LogP contribution in [-0.4, -0.2) is 24.1 Å². The summed E-state index contributed by atoms with van der Waals surface area (Å²) in [5, 5.41) is 3.37. The van der Waals surface area contributed by atoms with E-state index in [0.717, 1.165) is 25.5 Å². The Kier molecular flexibility index (Phi) is 4.15. The Morgan fingerprint density at radius 1 is 1.59 bits per heavy atom. The van der Waals surface area contributed by atoms with Gasteiger partial charge in [-0.3, -0.25) is 0 Å². The molecule has 0 radical (unpaired) electrons. The predicted molar refractivity (Wildman–Crippen MR) is 72.2 cm³/mol. The molecule has 1 aliphatic carbocycles.